The number of carbonyl (C=O) groups is 1. The second-order valence-electron chi connectivity index (χ2n) is 8.52. The summed E-state index contributed by atoms with van der Waals surface area (Å²) in [6.07, 6.45) is 7.88. The topological polar surface area (TPSA) is 117 Å². The number of nitrogens with one attached hydrogen (secondary N) is 3. The van der Waals surface area contributed by atoms with Crippen LogP contribution in [0.5, 0.6) is 17.2 Å². The summed E-state index contributed by atoms with van der Waals surface area (Å²) in [7, 11) is 1.59. The standard InChI is InChI=1S/C27H30N4O4/c1-34-25-13-12-19(15-26(25)35-20-8-2-3-9-20)30-27(33)31-23(21-10-4-5-11-24(21)32)16-22(28)18-7-6-14-29-17-18/h4-7,10-15,17,20,23,28,32H,2-3,8-9,16H2,1H3,(H2,30,31,33). The van der Waals surface area contributed by atoms with Gasteiger partial charge < -0.3 is 30.6 Å². The Labute approximate surface area is 204 Å². The zero-order valence-electron chi connectivity index (χ0n) is 19.7. The highest BCUT2D eigenvalue weighted by Crippen LogP contribution is 2.34. The van der Waals surface area contributed by atoms with Crippen molar-refractivity contribution in [1.82, 2.24) is 10.3 Å². The Hall–Kier alpha value is -4.07. The van der Waals surface area contributed by atoms with E-state index in [2.05, 4.69) is 15.6 Å². The van der Waals surface area contributed by atoms with Gasteiger partial charge in [0.25, 0.3) is 0 Å². The summed E-state index contributed by atoms with van der Waals surface area (Å²) in [5.74, 6) is 1.25. The summed E-state index contributed by atoms with van der Waals surface area (Å²) < 4.78 is 11.6. The Morgan fingerprint density at radius 3 is 2.66 bits per heavy atom. The fraction of sp³-hybridized carbons (Fsp3) is 0.296. The molecule has 1 unspecified atom stereocenters. The number of benzene rings is 2. The molecule has 0 aliphatic heterocycles. The number of rotatable bonds is 9. The maximum absolute atomic E-state index is 13.0. The molecule has 0 spiro atoms. The molecule has 1 aromatic heterocycles. The Kier molecular flexibility index (Phi) is 7.82. The molecule has 1 aliphatic carbocycles. The van der Waals surface area contributed by atoms with Crippen molar-refractivity contribution in [1.29, 1.82) is 5.41 Å². The molecule has 182 valence electrons. The third-order valence-electron chi connectivity index (χ3n) is 6.05. The van der Waals surface area contributed by atoms with Crippen LogP contribution < -0.4 is 20.1 Å². The molecular weight excluding hydrogens is 444 g/mol. The Balaban J connectivity index is 1.49. The number of aromatic hydroxyl groups is 1. The van der Waals surface area contributed by atoms with Gasteiger partial charge in [0, 0.05) is 47.4 Å². The van der Waals surface area contributed by atoms with Crippen LogP contribution in [0, 0.1) is 5.41 Å². The monoisotopic (exact) mass is 474 g/mol. The van der Waals surface area contributed by atoms with E-state index in [9.17, 15) is 9.90 Å². The van der Waals surface area contributed by atoms with Gasteiger partial charge in [0.15, 0.2) is 11.5 Å². The predicted molar refractivity (Wildman–Crippen MR) is 135 cm³/mol. The second-order valence-corrected chi connectivity index (χ2v) is 8.52. The molecule has 1 heterocycles. The summed E-state index contributed by atoms with van der Waals surface area (Å²) in [6.45, 7) is 0. The third kappa shape index (κ3) is 6.29. The fourth-order valence-electron chi connectivity index (χ4n) is 4.24. The first kappa shape index (κ1) is 24.1. The molecule has 0 bridgehead atoms. The molecule has 8 nitrogen and oxygen atoms in total. The van der Waals surface area contributed by atoms with Crippen molar-refractivity contribution in [3.63, 3.8) is 0 Å². The number of anilines is 1. The molecule has 0 saturated heterocycles. The van der Waals surface area contributed by atoms with E-state index in [1.165, 1.54) is 0 Å². The van der Waals surface area contributed by atoms with E-state index in [1.54, 1.807) is 74.1 Å². The van der Waals surface area contributed by atoms with E-state index >= 15 is 0 Å². The van der Waals surface area contributed by atoms with E-state index in [0.717, 1.165) is 25.7 Å². The van der Waals surface area contributed by atoms with Crippen LogP contribution in [0.2, 0.25) is 0 Å². The number of hydrogen-bond donors (Lipinski definition) is 4. The van der Waals surface area contributed by atoms with Crippen LogP contribution in [0.1, 0.15) is 49.3 Å². The number of pyridine rings is 1. The van der Waals surface area contributed by atoms with E-state index in [0.29, 0.717) is 34.0 Å². The Morgan fingerprint density at radius 1 is 1.14 bits per heavy atom. The van der Waals surface area contributed by atoms with Gasteiger partial charge in [0.05, 0.1) is 19.3 Å². The van der Waals surface area contributed by atoms with Crippen LogP contribution in [-0.2, 0) is 0 Å². The van der Waals surface area contributed by atoms with E-state index in [4.69, 9.17) is 14.9 Å². The van der Waals surface area contributed by atoms with Crippen molar-refractivity contribution in [2.24, 2.45) is 0 Å². The molecule has 1 aliphatic rings. The predicted octanol–water partition coefficient (Wildman–Crippen LogP) is 5.44. The molecule has 1 fully saturated rings. The van der Waals surface area contributed by atoms with Crippen LogP contribution in [0.25, 0.3) is 0 Å². The van der Waals surface area contributed by atoms with Gasteiger partial charge in [0.2, 0.25) is 0 Å². The lowest BCUT2D eigenvalue weighted by Gasteiger charge is -2.21. The first-order chi connectivity index (χ1) is 17.0. The summed E-state index contributed by atoms with van der Waals surface area (Å²) in [4.78, 5) is 17.0. The minimum atomic E-state index is -0.628. The average molecular weight is 475 g/mol. The van der Waals surface area contributed by atoms with Crippen molar-refractivity contribution in [2.75, 3.05) is 12.4 Å². The number of urea groups is 1. The zero-order chi connectivity index (χ0) is 24.6. The average Bonchev–Trinajstić information content (AvgIpc) is 3.38. The molecule has 8 heteroatoms. The van der Waals surface area contributed by atoms with Crippen molar-refractivity contribution in [3.05, 3.63) is 78.1 Å². The third-order valence-corrected chi connectivity index (χ3v) is 6.05. The largest absolute Gasteiger partial charge is 0.508 e. The molecule has 4 rings (SSSR count). The maximum atomic E-state index is 13.0. The van der Waals surface area contributed by atoms with Crippen LogP contribution >= 0.6 is 0 Å². The van der Waals surface area contributed by atoms with E-state index in [1.807, 2.05) is 0 Å². The van der Waals surface area contributed by atoms with E-state index in [-0.39, 0.29) is 18.3 Å². The minimum absolute atomic E-state index is 0.0495. The smallest absolute Gasteiger partial charge is 0.319 e. The number of carbonyl (C=O) groups excluding carboxylic acids is 1. The number of phenols is 1. The van der Waals surface area contributed by atoms with E-state index < -0.39 is 12.1 Å². The van der Waals surface area contributed by atoms with Gasteiger partial charge in [-0.3, -0.25) is 4.98 Å². The summed E-state index contributed by atoms with van der Waals surface area (Å²) >= 11 is 0. The number of aromatic nitrogens is 1. The molecule has 1 atom stereocenters. The van der Waals surface area contributed by atoms with Crippen molar-refractivity contribution < 1.29 is 19.4 Å². The molecular formula is C27H30N4O4. The lowest BCUT2D eigenvalue weighted by molar-refractivity contribution is 0.201. The molecule has 35 heavy (non-hydrogen) atoms. The number of amides is 2. The quantitative estimate of drug-likeness (QED) is 0.308. The summed E-state index contributed by atoms with van der Waals surface area (Å²) in [6, 6.07) is 14.5. The van der Waals surface area contributed by atoms with Gasteiger partial charge in [-0.05, 0) is 49.9 Å². The Bertz CT molecular complexity index is 1160. The molecule has 0 radical (unpaired) electrons. The normalized spacial score (nSPS) is 14.2. The van der Waals surface area contributed by atoms with Gasteiger partial charge in [-0.1, -0.05) is 24.3 Å². The summed E-state index contributed by atoms with van der Waals surface area (Å²) in [5.41, 5.74) is 2.02. The first-order valence-electron chi connectivity index (χ1n) is 11.7. The lowest BCUT2D eigenvalue weighted by Crippen LogP contribution is -2.34. The molecule has 1 saturated carbocycles. The summed E-state index contributed by atoms with van der Waals surface area (Å²) in [5, 5.41) is 24.7. The highest BCUT2D eigenvalue weighted by molar-refractivity contribution is 5.99. The number of nitrogens with zero attached hydrogens (tertiary/aromatic N) is 1. The SMILES string of the molecule is COc1ccc(NC(=O)NC(CC(=N)c2cccnc2)c2ccccc2O)cc1OC1CCCC1. The minimum Gasteiger partial charge on any atom is -0.508 e. The number of para-hydroxylation sites is 1. The molecule has 2 amide bonds. The zero-order valence-corrected chi connectivity index (χ0v) is 19.7. The van der Waals surface area contributed by atoms with Crippen molar-refractivity contribution in [3.8, 4) is 17.2 Å². The molecule has 3 aromatic rings. The first-order valence-corrected chi connectivity index (χ1v) is 11.7. The van der Waals surface area contributed by atoms with Crippen LogP contribution in [0.4, 0.5) is 10.5 Å². The second kappa shape index (κ2) is 11.4. The highest BCUT2D eigenvalue weighted by atomic mass is 16.5. The number of ether oxygens (including phenoxy) is 2. The van der Waals surface area contributed by atoms with Crippen molar-refractivity contribution in [2.45, 2.75) is 44.2 Å². The van der Waals surface area contributed by atoms with Gasteiger partial charge in [-0.2, -0.15) is 0 Å². The van der Waals surface area contributed by atoms with Gasteiger partial charge in [-0.25, -0.2) is 4.79 Å². The van der Waals surface area contributed by atoms with Crippen molar-refractivity contribution >= 4 is 17.4 Å². The Morgan fingerprint density at radius 2 is 1.94 bits per heavy atom. The van der Waals surface area contributed by atoms with Crippen LogP contribution in [-0.4, -0.2) is 35.0 Å². The van der Waals surface area contributed by atoms with Crippen LogP contribution in [0.15, 0.2) is 67.0 Å². The maximum Gasteiger partial charge on any atom is 0.319 e. The highest BCUT2D eigenvalue weighted by Gasteiger charge is 2.22. The molecule has 2 aromatic carbocycles. The molecule has 4 N–H and O–H groups in total. The van der Waals surface area contributed by atoms with Gasteiger partial charge in [0.1, 0.15) is 5.75 Å². The number of phenolic OH excluding ortho intramolecular Hbond substituents is 1. The van der Waals surface area contributed by atoms with Gasteiger partial charge >= 0.3 is 6.03 Å². The van der Waals surface area contributed by atoms with Gasteiger partial charge in [-0.15, -0.1) is 0 Å². The van der Waals surface area contributed by atoms with Crippen LogP contribution in [0.3, 0.4) is 0 Å². The number of hydrogen-bond acceptors (Lipinski definition) is 6. The fourth-order valence-corrected chi connectivity index (χ4v) is 4.24. The lowest BCUT2D eigenvalue weighted by atomic mass is 9.97. The number of methoxy groups -OCH3 is 1.